The fraction of sp³-hybridized carbons (Fsp3) is 1.00. The second-order valence-corrected chi connectivity index (χ2v) is 8.30. The Bertz CT molecular complexity index is 279. The molecule has 24 heavy (non-hydrogen) atoms. The first kappa shape index (κ1) is 23.8. The van der Waals surface area contributed by atoms with E-state index in [0.717, 1.165) is 38.5 Å². The van der Waals surface area contributed by atoms with E-state index in [2.05, 4.69) is 20.8 Å². The van der Waals surface area contributed by atoms with Crippen molar-refractivity contribution in [3.05, 3.63) is 0 Å². The van der Waals surface area contributed by atoms with E-state index in [1.54, 1.807) is 0 Å². The molecule has 0 amide bonds. The highest BCUT2D eigenvalue weighted by Crippen LogP contribution is 2.22. The van der Waals surface area contributed by atoms with E-state index in [0.29, 0.717) is 12.0 Å². The summed E-state index contributed by atoms with van der Waals surface area (Å²) < 4.78 is 0. The van der Waals surface area contributed by atoms with Gasteiger partial charge in [-0.25, -0.2) is 0 Å². The van der Waals surface area contributed by atoms with Crippen molar-refractivity contribution in [3.63, 3.8) is 0 Å². The molecule has 0 fully saturated rings. The summed E-state index contributed by atoms with van der Waals surface area (Å²) in [6.07, 6.45) is 15.2. The molecule has 0 radical (unpaired) electrons. The third-order valence-corrected chi connectivity index (χ3v) is 5.31. The Hall–Kier alpha value is -0.160. The zero-order valence-electron chi connectivity index (χ0n) is 16.7. The van der Waals surface area contributed by atoms with Crippen LogP contribution < -0.4 is 22.9 Å². The Labute approximate surface area is 151 Å². The summed E-state index contributed by atoms with van der Waals surface area (Å²) in [5, 5.41) is 0. The van der Waals surface area contributed by atoms with E-state index in [1.165, 1.54) is 44.9 Å². The highest BCUT2D eigenvalue weighted by Gasteiger charge is 2.19. The second kappa shape index (κ2) is 14.1. The summed E-state index contributed by atoms with van der Waals surface area (Å²) in [4.78, 5) is 0. The van der Waals surface area contributed by atoms with E-state index < -0.39 is 0 Å². The number of hydrogen-bond acceptors (Lipinski definition) is 4. The van der Waals surface area contributed by atoms with Gasteiger partial charge in [0.25, 0.3) is 0 Å². The molecule has 0 aromatic heterocycles. The molecule has 0 saturated heterocycles. The molecular formula is C20H46N4. The van der Waals surface area contributed by atoms with Crippen LogP contribution in [-0.4, -0.2) is 17.7 Å². The Kier molecular flexibility index (Phi) is 14.0. The van der Waals surface area contributed by atoms with Crippen molar-refractivity contribution in [1.29, 1.82) is 0 Å². The molecular weight excluding hydrogens is 296 g/mol. The molecule has 8 N–H and O–H groups in total. The van der Waals surface area contributed by atoms with Gasteiger partial charge in [-0.15, -0.1) is 0 Å². The molecule has 0 aromatic carbocycles. The van der Waals surface area contributed by atoms with Gasteiger partial charge in [0.05, 0.1) is 6.17 Å². The Morgan fingerprint density at radius 2 is 1.33 bits per heavy atom. The molecule has 0 aliphatic carbocycles. The van der Waals surface area contributed by atoms with Gasteiger partial charge in [-0.05, 0) is 44.9 Å². The summed E-state index contributed by atoms with van der Waals surface area (Å²) in [6, 6.07) is 0.327. The Morgan fingerprint density at radius 3 is 1.96 bits per heavy atom. The standard InChI is InChI=1S/C20H46N4/c1-4-5-6-8-12-17(2)18(21)13-11-16-20(3,24)15-10-7-9-14-19(22)23/h17-19H,4-16,21-24H2,1-3H3. The molecule has 4 heteroatoms. The molecule has 0 aromatic rings. The molecule has 0 aliphatic heterocycles. The van der Waals surface area contributed by atoms with Crippen molar-refractivity contribution >= 4 is 0 Å². The maximum absolute atomic E-state index is 6.44. The fourth-order valence-electron chi connectivity index (χ4n) is 3.34. The normalized spacial score (nSPS) is 17.0. The lowest BCUT2D eigenvalue weighted by molar-refractivity contribution is 0.333. The minimum Gasteiger partial charge on any atom is -0.327 e. The van der Waals surface area contributed by atoms with Gasteiger partial charge in [0, 0.05) is 11.6 Å². The lowest BCUT2D eigenvalue weighted by atomic mass is 9.86. The van der Waals surface area contributed by atoms with Crippen LogP contribution in [0.1, 0.15) is 104 Å². The van der Waals surface area contributed by atoms with Crippen LogP contribution in [0.5, 0.6) is 0 Å². The van der Waals surface area contributed by atoms with Crippen LogP contribution in [0.25, 0.3) is 0 Å². The van der Waals surface area contributed by atoms with E-state index in [4.69, 9.17) is 22.9 Å². The molecule has 0 rings (SSSR count). The van der Waals surface area contributed by atoms with Gasteiger partial charge in [-0.2, -0.15) is 0 Å². The van der Waals surface area contributed by atoms with Crippen LogP contribution in [0.15, 0.2) is 0 Å². The average molecular weight is 343 g/mol. The summed E-state index contributed by atoms with van der Waals surface area (Å²) in [5.74, 6) is 0.631. The van der Waals surface area contributed by atoms with Crippen LogP contribution in [0, 0.1) is 5.92 Å². The van der Waals surface area contributed by atoms with Crippen molar-refractivity contribution in [2.24, 2.45) is 28.9 Å². The molecule has 0 saturated carbocycles. The summed E-state index contributed by atoms with van der Waals surface area (Å²) >= 11 is 0. The lowest BCUT2D eigenvalue weighted by Crippen LogP contribution is -2.37. The van der Waals surface area contributed by atoms with Crippen molar-refractivity contribution in [2.45, 2.75) is 122 Å². The average Bonchev–Trinajstić information content (AvgIpc) is 2.50. The SMILES string of the molecule is CCCCCCC(C)C(N)CCCC(C)(N)CCCCCC(N)N. The molecule has 0 aliphatic rings. The van der Waals surface area contributed by atoms with E-state index in [9.17, 15) is 0 Å². The smallest absolute Gasteiger partial charge is 0.0520 e. The highest BCUT2D eigenvalue weighted by atomic mass is 14.8. The first-order chi connectivity index (χ1) is 11.3. The number of rotatable bonds is 16. The van der Waals surface area contributed by atoms with Crippen molar-refractivity contribution in [2.75, 3.05) is 0 Å². The minimum atomic E-state index is -0.167. The van der Waals surface area contributed by atoms with Crippen LogP contribution >= 0.6 is 0 Å². The number of nitrogens with two attached hydrogens (primary N) is 4. The second-order valence-electron chi connectivity index (χ2n) is 8.30. The van der Waals surface area contributed by atoms with Gasteiger partial charge in [0.2, 0.25) is 0 Å². The minimum absolute atomic E-state index is 0.0606. The molecule has 0 heterocycles. The van der Waals surface area contributed by atoms with Gasteiger partial charge in [-0.3, -0.25) is 0 Å². The number of unbranched alkanes of at least 4 members (excludes halogenated alkanes) is 5. The van der Waals surface area contributed by atoms with Gasteiger partial charge < -0.3 is 22.9 Å². The summed E-state index contributed by atoms with van der Waals surface area (Å²) in [5.41, 5.74) is 23.9. The topological polar surface area (TPSA) is 104 Å². The monoisotopic (exact) mass is 342 g/mol. The van der Waals surface area contributed by atoms with Crippen molar-refractivity contribution in [3.8, 4) is 0 Å². The van der Waals surface area contributed by atoms with Crippen LogP contribution in [-0.2, 0) is 0 Å². The van der Waals surface area contributed by atoms with Gasteiger partial charge in [0.15, 0.2) is 0 Å². The molecule has 3 atom stereocenters. The van der Waals surface area contributed by atoms with Crippen molar-refractivity contribution in [1.82, 2.24) is 0 Å². The summed E-state index contributed by atoms with van der Waals surface area (Å²) in [6.45, 7) is 6.74. The third-order valence-electron chi connectivity index (χ3n) is 5.31. The zero-order chi connectivity index (χ0) is 18.4. The fourth-order valence-corrected chi connectivity index (χ4v) is 3.34. The van der Waals surface area contributed by atoms with E-state index in [1.807, 2.05) is 0 Å². The lowest BCUT2D eigenvalue weighted by Gasteiger charge is -2.26. The molecule has 146 valence electrons. The Morgan fingerprint density at radius 1 is 0.750 bits per heavy atom. The van der Waals surface area contributed by atoms with E-state index >= 15 is 0 Å². The quantitative estimate of drug-likeness (QED) is 0.251. The van der Waals surface area contributed by atoms with Gasteiger partial charge in [0.1, 0.15) is 0 Å². The van der Waals surface area contributed by atoms with Crippen LogP contribution in [0.3, 0.4) is 0 Å². The predicted molar refractivity (Wildman–Crippen MR) is 108 cm³/mol. The maximum Gasteiger partial charge on any atom is 0.0520 e. The summed E-state index contributed by atoms with van der Waals surface area (Å²) in [7, 11) is 0. The molecule has 0 bridgehead atoms. The Balaban J connectivity index is 3.73. The van der Waals surface area contributed by atoms with Gasteiger partial charge in [-0.1, -0.05) is 65.2 Å². The highest BCUT2D eigenvalue weighted by molar-refractivity contribution is 4.80. The zero-order valence-corrected chi connectivity index (χ0v) is 16.7. The maximum atomic E-state index is 6.44. The molecule has 3 unspecified atom stereocenters. The largest absolute Gasteiger partial charge is 0.327 e. The third kappa shape index (κ3) is 14.2. The van der Waals surface area contributed by atoms with Crippen LogP contribution in [0.2, 0.25) is 0 Å². The first-order valence-electron chi connectivity index (χ1n) is 10.3. The van der Waals surface area contributed by atoms with Crippen molar-refractivity contribution < 1.29 is 0 Å². The predicted octanol–water partition coefficient (Wildman–Crippen LogP) is 4.00. The molecule has 0 spiro atoms. The van der Waals surface area contributed by atoms with Crippen LogP contribution in [0.4, 0.5) is 0 Å². The van der Waals surface area contributed by atoms with E-state index in [-0.39, 0.29) is 11.7 Å². The van der Waals surface area contributed by atoms with Gasteiger partial charge >= 0.3 is 0 Å². The first-order valence-corrected chi connectivity index (χ1v) is 10.3. The number of hydrogen-bond donors (Lipinski definition) is 4. The molecule has 4 nitrogen and oxygen atoms in total.